The first-order chi connectivity index (χ1) is 8.92. The monoisotopic (exact) mass is 241 g/mol. The van der Waals surface area contributed by atoms with Crippen molar-refractivity contribution in [2.75, 3.05) is 6.61 Å². The number of nitrogens with zero attached hydrogens (tertiary/aromatic N) is 1. The average Bonchev–Trinajstić information content (AvgIpc) is 2.45. The first-order valence-electron chi connectivity index (χ1n) is 6.55. The van der Waals surface area contributed by atoms with Crippen LogP contribution in [0.5, 0.6) is 5.75 Å². The molecule has 0 unspecified atom stereocenters. The number of hydrogen-bond acceptors (Lipinski definition) is 2. The third-order valence-corrected chi connectivity index (χ3v) is 2.83. The van der Waals surface area contributed by atoms with Crippen molar-refractivity contribution in [1.29, 1.82) is 0 Å². The molecule has 0 aliphatic rings. The van der Waals surface area contributed by atoms with Gasteiger partial charge in [0, 0.05) is 11.8 Å². The molecule has 0 saturated carbocycles. The van der Waals surface area contributed by atoms with Gasteiger partial charge < -0.3 is 4.74 Å². The van der Waals surface area contributed by atoms with E-state index in [1.165, 1.54) is 12.8 Å². The summed E-state index contributed by atoms with van der Waals surface area (Å²) in [7, 11) is 0. The van der Waals surface area contributed by atoms with E-state index in [1.807, 2.05) is 42.6 Å². The maximum Gasteiger partial charge on any atom is 0.128 e. The Morgan fingerprint density at radius 3 is 2.61 bits per heavy atom. The normalized spacial score (nSPS) is 10.3. The van der Waals surface area contributed by atoms with Crippen molar-refractivity contribution < 1.29 is 4.74 Å². The molecular formula is C16H19NO. The molecule has 0 atom stereocenters. The number of rotatable bonds is 6. The Labute approximate surface area is 109 Å². The molecule has 0 saturated heterocycles. The lowest BCUT2D eigenvalue weighted by atomic mass is 10.1. The van der Waals surface area contributed by atoms with E-state index in [9.17, 15) is 0 Å². The molecule has 0 aliphatic heterocycles. The fourth-order valence-corrected chi connectivity index (χ4v) is 1.86. The highest BCUT2D eigenvalue weighted by molar-refractivity contribution is 5.66. The molecule has 1 aromatic carbocycles. The summed E-state index contributed by atoms with van der Waals surface area (Å²) in [6.07, 6.45) is 5.34. The number of aromatic nitrogens is 1. The predicted molar refractivity (Wildman–Crippen MR) is 74.7 cm³/mol. The number of ether oxygens (including phenoxy) is 1. The van der Waals surface area contributed by atoms with Crippen LogP contribution in [0.3, 0.4) is 0 Å². The van der Waals surface area contributed by atoms with E-state index in [2.05, 4.69) is 18.0 Å². The molecular weight excluding hydrogens is 222 g/mol. The minimum Gasteiger partial charge on any atom is -0.493 e. The van der Waals surface area contributed by atoms with Crippen LogP contribution in [-0.4, -0.2) is 11.6 Å². The Kier molecular flexibility index (Phi) is 4.77. The summed E-state index contributed by atoms with van der Waals surface area (Å²) in [5, 5.41) is 0. The van der Waals surface area contributed by atoms with Crippen LogP contribution in [0.1, 0.15) is 26.2 Å². The summed E-state index contributed by atoms with van der Waals surface area (Å²) in [5.41, 5.74) is 2.03. The van der Waals surface area contributed by atoms with Gasteiger partial charge in [-0.1, -0.05) is 38.0 Å². The van der Waals surface area contributed by atoms with Gasteiger partial charge in [-0.15, -0.1) is 0 Å². The second-order valence-electron chi connectivity index (χ2n) is 4.27. The summed E-state index contributed by atoms with van der Waals surface area (Å²) in [6, 6.07) is 14.0. The second kappa shape index (κ2) is 6.80. The molecule has 94 valence electrons. The number of para-hydroxylation sites is 1. The van der Waals surface area contributed by atoms with E-state index in [4.69, 9.17) is 4.74 Å². The predicted octanol–water partition coefficient (Wildman–Crippen LogP) is 4.32. The molecule has 18 heavy (non-hydrogen) atoms. The maximum atomic E-state index is 5.85. The summed E-state index contributed by atoms with van der Waals surface area (Å²) in [5.74, 6) is 0.923. The second-order valence-corrected chi connectivity index (χ2v) is 4.27. The van der Waals surface area contributed by atoms with Crippen molar-refractivity contribution in [3.63, 3.8) is 0 Å². The molecule has 0 N–H and O–H groups in total. The van der Waals surface area contributed by atoms with Crippen LogP contribution in [0.2, 0.25) is 0 Å². The zero-order chi connectivity index (χ0) is 12.6. The van der Waals surface area contributed by atoms with Crippen molar-refractivity contribution in [3.8, 4) is 17.0 Å². The van der Waals surface area contributed by atoms with Crippen LogP contribution in [0.25, 0.3) is 11.3 Å². The lowest BCUT2D eigenvalue weighted by molar-refractivity contribution is 0.307. The molecule has 1 heterocycles. The van der Waals surface area contributed by atoms with Gasteiger partial charge in [0.2, 0.25) is 0 Å². The van der Waals surface area contributed by atoms with Crippen LogP contribution in [0.4, 0.5) is 0 Å². The maximum absolute atomic E-state index is 5.85. The molecule has 0 fully saturated rings. The van der Waals surface area contributed by atoms with Gasteiger partial charge in [0.15, 0.2) is 0 Å². The average molecular weight is 241 g/mol. The van der Waals surface area contributed by atoms with Crippen LogP contribution in [-0.2, 0) is 0 Å². The summed E-state index contributed by atoms with van der Waals surface area (Å²) >= 11 is 0. The van der Waals surface area contributed by atoms with Gasteiger partial charge in [-0.2, -0.15) is 0 Å². The minimum atomic E-state index is 0.775. The van der Waals surface area contributed by atoms with Gasteiger partial charge in [0.1, 0.15) is 5.75 Å². The largest absolute Gasteiger partial charge is 0.493 e. The van der Waals surface area contributed by atoms with Crippen LogP contribution in [0.15, 0.2) is 48.7 Å². The highest BCUT2D eigenvalue weighted by Crippen LogP contribution is 2.28. The van der Waals surface area contributed by atoms with Crippen molar-refractivity contribution in [2.24, 2.45) is 0 Å². The Morgan fingerprint density at radius 1 is 1.00 bits per heavy atom. The standard InChI is InChI=1S/C16H19NO/c1-2-3-8-13-18-16-11-5-4-9-14(16)15-10-6-7-12-17-15/h4-7,9-12H,2-3,8,13H2,1H3. The molecule has 2 nitrogen and oxygen atoms in total. The molecule has 2 heteroatoms. The zero-order valence-corrected chi connectivity index (χ0v) is 10.8. The smallest absolute Gasteiger partial charge is 0.128 e. The number of benzene rings is 1. The van der Waals surface area contributed by atoms with E-state index >= 15 is 0 Å². The van der Waals surface area contributed by atoms with E-state index in [-0.39, 0.29) is 0 Å². The number of unbranched alkanes of at least 4 members (excludes halogenated alkanes) is 2. The summed E-state index contributed by atoms with van der Waals surface area (Å²) < 4.78 is 5.85. The van der Waals surface area contributed by atoms with E-state index in [0.29, 0.717) is 0 Å². The summed E-state index contributed by atoms with van der Waals surface area (Å²) in [6.45, 7) is 2.97. The van der Waals surface area contributed by atoms with Crippen molar-refractivity contribution in [3.05, 3.63) is 48.7 Å². The molecule has 2 rings (SSSR count). The molecule has 2 aromatic rings. The zero-order valence-electron chi connectivity index (χ0n) is 10.8. The SMILES string of the molecule is CCCCCOc1ccccc1-c1ccccn1. The minimum absolute atomic E-state index is 0.775. The van der Waals surface area contributed by atoms with Crippen molar-refractivity contribution in [2.45, 2.75) is 26.2 Å². The number of hydrogen-bond donors (Lipinski definition) is 0. The molecule has 0 spiro atoms. The molecule has 0 aliphatic carbocycles. The quantitative estimate of drug-likeness (QED) is 0.703. The van der Waals surface area contributed by atoms with Crippen molar-refractivity contribution >= 4 is 0 Å². The number of pyridine rings is 1. The third-order valence-electron chi connectivity index (χ3n) is 2.83. The van der Waals surface area contributed by atoms with Crippen molar-refractivity contribution in [1.82, 2.24) is 4.98 Å². The highest BCUT2D eigenvalue weighted by Gasteiger charge is 2.05. The molecule has 0 radical (unpaired) electrons. The third kappa shape index (κ3) is 3.33. The highest BCUT2D eigenvalue weighted by atomic mass is 16.5. The first-order valence-corrected chi connectivity index (χ1v) is 6.55. The first kappa shape index (κ1) is 12.6. The topological polar surface area (TPSA) is 22.1 Å². The Balaban J connectivity index is 2.11. The van der Waals surface area contributed by atoms with Gasteiger partial charge in [0.25, 0.3) is 0 Å². The Hall–Kier alpha value is -1.83. The fraction of sp³-hybridized carbons (Fsp3) is 0.312. The Morgan fingerprint density at radius 2 is 1.83 bits per heavy atom. The van der Waals surface area contributed by atoms with Gasteiger partial charge in [-0.3, -0.25) is 4.98 Å². The summed E-state index contributed by atoms with van der Waals surface area (Å²) in [4.78, 5) is 4.37. The fourth-order valence-electron chi connectivity index (χ4n) is 1.86. The van der Waals surface area contributed by atoms with Crippen LogP contribution in [0, 0.1) is 0 Å². The Bertz CT molecular complexity index is 468. The molecule has 0 amide bonds. The van der Waals surface area contributed by atoms with E-state index in [1.54, 1.807) is 0 Å². The van der Waals surface area contributed by atoms with E-state index in [0.717, 1.165) is 30.0 Å². The van der Waals surface area contributed by atoms with Gasteiger partial charge in [-0.25, -0.2) is 0 Å². The lowest BCUT2D eigenvalue weighted by Gasteiger charge is -2.10. The van der Waals surface area contributed by atoms with Crippen LogP contribution < -0.4 is 4.74 Å². The van der Waals surface area contributed by atoms with Crippen LogP contribution >= 0.6 is 0 Å². The van der Waals surface area contributed by atoms with Gasteiger partial charge in [-0.05, 0) is 30.7 Å². The lowest BCUT2D eigenvalue weighted by Crippen LogP contribution is -1.98. The van der Waals surface area contributed by atoms with E-state index < -0.39 is 0 Å². The molecule has 1 aromatic heterocycles. The molecule has 0 bridgehead atoms. The van der Waals surface area contributed by atoms with Gasteiger partial charge in [0.05, 0.1) is 12.3 Å². The van der Waals surface area contributed by atoms with Gasteiger partial charge >= 0.3 is 0 Å².